The predicted octanol–water partition coefficient (Wildman–Crippen LogP) is 5.13. The van der Waals surface area contributed by atoms with E-state index in [1.165, 1.54) is 0 Å². The van der Waals surface area contributed by atoms with Crippen molar-refractivity contribution >= 4 is 46.6 Å². The van der Waals surface area contributed by atoms with Gasteiger partial charge in [-0.1, -0.05) is 59.9 Å². The Kier molecular flexibility index (Phi) is 8.61. The molecule has 0 saturated carbocycles. The predicted molar refractivity (Wildman–Crippen MR) is 115 cm³/mol. The van der Waals surface area contributed by atoms with Crippen LogP contribution < -0.4 is 5.32 Å². The second kappa shape index (κ2) is 10.7. The van der Waals surface area contributed by atoms with Crippen LogP contribution in [0.25, 0.3) is 0 Å². The number of carbonyl (C=O) groups is 2. The van der Waals surface area contributed by atoms with Gasteiger partial charge in [0.2, 0.25) is 11.8 Å². The summed E-state index contributed by atoms with van der Waals surface area (Å²) in [5.74, 6) is -0.342. The minimum absolute atomic E-state index is 0.161. The Morgan fingerprint density at radius 3 is 2.21 bits per heavy atom. The van der Waals surface area contributed by atoms with Gasteiger partial charge in [0.15, 0.2) is 0 Å². The van der Waals surface area contributed by atoms with E-state index in [9.17, 15) is 9.59 Å². The SMILES string of the molecule is CCNC(=O)C(CC)N(Cc1ccc(Cl)cc1Cl)C(=O)Cc1ccc(Cl)cc1. The fourth-order valence-electron chi connectivity index (χ4n) is 2.92. The van der Waals surface area contributed by atoms with Crippen LogP contribution in [0.5, 0.6) is 0 Å². The highest BCUT2D eigenvalue weighted by atomic mass is 35.5. The Labute approximate surface area is 180 Å². The van der Waals surface area contributed by atoms with Crippen LogP contribution in [-0.4, -0.2) is 29.3 Å². The lowest BCUT2D eigenvalue weighted by Crippen LogP contribution is -2.49. The topological polar surface area (TPSA) is 49.4 Å². The van der Waals surface area contributed by atoms with Crippen LogP contribution in [0.2, 0.25) is 15.1 Å². The van der Waals surface area contributed by atoms with E-state index in [1.807, 2.05) is 13.8 Å². The molecule has 28 heavy (non-hydrogen) atoms. The molecule has 0 heterocycles. The number of benzene rings is 2. The maximum Gasteiger partial charge on any atom is 0.242 e. The third-order valence-electron chi connectivity index (χ3n) is 4.36. The zero-order valence-corrected chi connectivity index (χ0v) is 18.1. The number of carbonyl (C=O) groups excluding carboxylic acids is 2. The highest BCUT2D eigenvalue weighted by Gasteiger charge is 2.28. The molecule has 2 aromatic rings. The average molecular weight is 442 g/mol. The van der Waals surface area contributed by atoms with Gasteiger partial charge >= 0.3 is 0 Å². The molecule has 0 spiro atoms. The molecule has 0 aliphatic rings. The Balaban J connectivity index is 2.31. The van der Waals surface area contributed by atoms with Crippen molar-refractivity contribution in [1.82, 2.24) is 10.2 Å². The van der Waals surface area contributed by atoms with E-state index in [0.29, 0.717) is 28.0 Å². The van der Waals surface area contributed by atoms with Gasteiger partial charge in [-0.2, -0.15) is 0 Å². The van der Waals surface area contributed by atoms with Crippen LogP contribution in [0, 0.1) is 0 Å². The first-order valence-corrected chi connectivity index (χ1v) is 10.2. The number of nitrogens with zero attached hydrogens (tertiary/aromatic N) is 1. The zero-order valence-electron chi connectivity index (χ0n) is 15.8. The van der Waals surface area contributed by atoms with Crippen molar-refractivity contribution in [3.8, 4) is 0 Å². The maximum atomic E-state index is 13.1. The van der Waals surface area contributed by atoms with Gasteiger partial charge in [0.05, 0.1) is 6.42 Å². The monoisotopic (exact) mass is 440 g/mol. The molecule has 0 aliphatic carbocycles. The van der Waals surface area contributed by atoms with Crippen molar-refractivity contribution in [3.63, 3.8) is 0 Å². The molecular weight excluding hydrogens is 419 g/mol. The number of hydrogen-bond acceptors (Lipinski definition) is 2. The minimum atomic E-state index is -0.591. The Hall–Kier alpha value is -1.75. The number of nitrogens with one attached hydrogen (secondary N) is 1. The fourth-order valence-corrected chi connectivity index (χ4v) is 3.52. The lowest BCUT2D eigenvalue weighted by molar-refractivity contribution is -0.140. The van der Waals surface area contributed by atoms with Gasteiger partial charge in [0.25, 0.3) is 0 Å². The van der Waals surface area contributed by atoms with Gasteiger partial charge in [-0.05, 0) is 48.7 Å². The van der Waals surface area contributed by atoms with Gasteiger partial charge in [0.1, 0.15) is 6.04 Å². The summed E-state index contributed by atoms with van der Waals surface area (Å²) in [6.45, 7) is 4.45. The first-order chi connectivity index (χ1) is 13.3. The highest BCUT2D eigenvalue weighted by Crippen LogP contribution is 2.24. The van der Waals surface area contributed by atoms with Crippen molar-refractivity contribution in [3.05, 3.63) is 68.7 Å². The summed E-state index contributed by atoms with van der Waals surface area (Å²) < 4.78 is 0. The molecule has 1 unspecified atom stereocenters. The van der Waals surface area contributed by atoms with Crippen LogP contribution in [0.1, 0.15) is 31.4 Å². The van der Waals surface area contributed by atoms with E-state index < -0.39 is 6.04 Å². The Bertz CT molecular complexity index is 825. The van der Waals surface area contributed by atoms with E-state index in [-0.39, 0.29) is 24.8 Å². The summed E-state index contributed by atoms with van der Waals surface area (Å²) in [4.78, 5) is 27.3. The zero-order chi connectivity index (χ0) is 20.7. The van der Waals surface area contributed by atoms with Crippen LogP contribution in [0.15, 0.2) is 42.5 Å². The average Bonchev–Trinajstić information content (AvgIpc) is 2.65. The van der Waals surface area contributed by atoms with Crippen LogP contribution >= 0.6 is 34.8 Å². The van der Waals surface area contributed by atoms with Gasteiger partial charge in [-0.3, -0.25) is 9.59 Å². The smallest absolute Gasteiger partial charge is 0.242 e. The lowest BCUT2D eigenvalue weighted by atomic mass is 10.1. The molecule has 2 amide bonds. The molecule has 1 atom stereocenters. The molecule has 2 rings (SSSR count). The van der Waals surface area contributed by atoms with Crippen LogP contribution in [-0.2, 0) is 22.6 Å². The number of halogens is 3. The number of hydrogen-bond donors (Lipinski definition) is 1. The highest BCUT2D eigenvalue weighted by molar-refractivity contribution is 6.35. The molecule has 0 radical (unpaired) electrons. The second-order valence-electron chi connectivity index (χ2n) is 6.38. The largest absolute Gasteiger partial charge is 0.355 e. The van der Waals surface area contributed by atoms with E-state index in [1.54, 1.807) is 47.4 Å². The van der Waals surface area contributed by atoms with Crippen molar-refractivity contribution < 1.29 is 9.59 Å². The van der Waals surface area contributed by atoms with Crippen LogP contribution in [0.3, 0.4) is 0 Å². The Morgan fingerprint density at radius 1 is 1.00 bits per heavy atom. The van der Waals surface area contributed by atoms with Gasteiger partial charge in [0, 0.05) is 28.2 Å². The molecule has 0 saturated heterocycles. The Morgan fingerprint density at radius 2 is 1.64 bits per heavy atom. The molecule has 0 aromatic heterocycles. The molecule has 1 N–H and O–H groups in total. The van der Waals surface area contributed by atoms with E-state index in [2.05, 4.69) is 5.32 Å². The third-order valence-corrected chi connectivity index (χ3v) is 5.20. The first-order valence-electron chi connectivity index (χ1n) is 9.11. The van der Waals surface area contributed by atoms with Gasteiger partial charge in [-0.25, -0.2) is 0 Å². The standard InChI is InChI=1S/C21H23Cl3N2O2/c1-3-19(21(28)25-4-2)26(13-15-7-10-17(23)12-18(15)24)20(27)11-14-5-8-16(22)9-6-14/h5-10,12,19H,3-4,11,13H2,1-2H3,(H,25,28). The first kappa shape index (κ1) is 22.5. The van der Waals surface area contributed by atoms with Gasteiger partial charge < -0.3 is 10.2 Å². The third kappa shape index (κ3) is 6.13. The molecule has 4 nitrogen and oxygen atoms in total. The summed E-state index contributed by atoms with van der Waals surface area (Å²) >= 11 is 18.2. The molecule has 0 bridgehead atoms. The van der Waals surface area contributed by atoms with E-state index in [0.717, 1.165) is 11.1 Å². The number of amides is 2. The molecule has 150 valence electrons. The van der Waals surface area contributed by atoms with Crippen molar-refractivity contribution in [2.75, 3.05) is 6.54 Å². The summed E-state index contributed by atoms with van der Waals surface area (Å²) in [5.41, 5.74) is 1.56. The van der Waals surface area contributed by atoms with E-state index >= 15 is 0 Å². The van der Waals surface area contributed by atoms with Crippen molar-refractivity contribution in [2.24, 2.45) is 0 Å². The number of likely N-dealkylation sites (N-methyl/N-ethyl adjacent to an activating group) is 1. The quantitative estimate of drug-likeness (QED) is 0.617. The summed E-state index contributed by atoms with van der Waals surface area (Å²) in [6, 6.07) is 11.6. The summed E-state index contributed by atoms with van der Waals surface area (Å²) in [6.07, 6.45) is 0.654. The summed E-state index contributed by atoms with van der Waals surface area (Å²) in [5, 5.41) is 4.39. The molecule has 2 aromatic carbocycles. The van der Waals surface area contributed by atoms with Gasteiger partial charge in [-0.15, -0.1) is 0 Å². The maximum absolute atomic E-state index is 13.1. The molecular formula is C21H23Cl3N2O2. The van der Waals surface area contributed by atoms with E-state index in [4.69, 9.17) is 34.8 Å². The molecule has 7 heteroatoms. The summed E-state index contributed by atoms with van der Waals surface area (Å²) in [7, 11) is 0. The molecule has 0 aliphatic heterocycles. The lowest BCUT2D eigenvalue weighted by Gasteiger charge is -2.31. The van der Waals surface area contributed by atoms with Crippen molar-refractivity contribution in [2.45, 2.75) is 39.3 Å². The number of rotatable bonds is 8. The van der Waals surface area contributed by atoms with Crippen molar-refractivity contribution in [1.29, 1.82) is 0 Å². The normalized spacial score (nSPS) is 11.8. The second-order valence-corrected chi connectivity index (χ2v) is 7.66. The molecule has 0 fully saturated rings. The van der Waals surface area contributed by atoms with Crippen LogP contribution in [0.4, 0.5) is 0 Å². The minimum Gasteiger partial charge on any atom is -0.355 e. The fraction of sp³-hybridized carbons (Fsp3) is 0.333.